The highest BCUT2D eigenvalue weighted by Crippen LogP contribution is 2.44. The van der Waals surface area contributed by atoms with Crippen molar-refractivity contribution >= 4 is 44.0 Å². The number of hydrogen-bond acceptors (Lipinski definition) is 6. The smallest absolute Gasteiger partial charge is 0.257 e. The van der Waals surface area contributed by atoms with Crippen LogP contribution in [0.4, 0.5) is 5.13 Å². The van der Waals surface area contributed by atoms with Gasteiger partial charge in [-0.25, -0.2) is 13.4 Å². The van der Waals surface area contributed by atoms with E-state index in [0.29, 0.717) is 10.7 Å². The first-order chi connectivity index (χ1) is 13.4. The van der Waals surface area contributed by atoms with Crippen LogP contribution >= 0.6 is 23.1 Å². The molecule has 2 heterocycles. The maximum atomic E-state index is 12.6. The molecule has 1 amide bonds. The third-order valence-electron chi connectivity index (χ3n) is 4.48. The number of carbonyl (C=O) groups excluding carboxylic acids is 1. The molecule has 1 N–H and O–H groups in total. The van der Waals surface area contributed by atoms with E-state index >= 15 is 0 Å². The van der Waals surface area contributed by atoms with Crippen molar-refractivity contribution in [3.63, 3.8) is 0 Å². The van der Waals surface area contributed by atoms with Gasteiger partial charge in [0.1, 0.15) is 0 Å². The van der Waals surface area contributed by atoms with Crippen LogP contribution in [0.25, 0.3) is 11.3 Å². The average Bonchev–Trinajstić information content (AvgIpc) is 3.11. The topological polar surface area (TPSA) is 76.1 Å². The highest BCUT2D eigenvalue weighted by molar-refractivity contribution is 7.98. The lowest BCUT2D eigenvalue weighted by Crippen LogP contribution is -2.15. The summed E-state index contributed by atoms with van der Waals surface area (Å²) in [6, 6.07) is 14.1. The van der Waals surface area contributed by atoms with E-state index in [0.717, 1.165) is 21.9 Å². The van der Waals surface area contributed by atoms with Crippen molar-refractivity contribution in [1.82, 2.24) is 4.98 Å². The molecule has 28 heavy (non-hydrogen) atoms. The lowest BCUT2D eigenvalue weighted by atomic mass is 10.1. The Morgan fingerprint density at radius 2 is 1.82 bits per heavy atom. The molecule has 5 nitrogen and oxygen atoms in total. The largest absolute Gasteiger partial charge is 0.298 e. The van der Waals surface area contributed by atoms with Gasteiger partial charge in [-0.2, -0.15) is 0 Å². The monoisotopic (exact) mass is 430 g/mol. The van der Waals surface area contributed by atoms with Crippen LogP contribution in [0.15, 0.2) is 58.3 Å². The molecule has 0 bridgehead atoms. The summed E-state index contributed by atoms with van der Waals surface area (Å²) in [5.74, 6) is 0.530. The number of fused-ring (bicyclic) bond motifs is 3. The van der Waals surface area contributed by atoms with Crippen molar-refractivity contribution in [3.8, 4) is 11.3 Å². The van der Waals surface area contributed by atoms with Crippen LogP contribution in [0.1, 0.15) is 29.1 Å². The molecule has 2 aromatic carbocycles. The van der Waals surface area contributed by atoms with Crippen molar-refractivity contribution in [2.75, 3.05) is 5.32 Å². The number of sulfone groups is 1. The molecule has 0 unspecified atom stereocenters. The minimum atomic E-state index is -3.35. The van der Waals surface area contributed by atoms with Crippen molar-refractivity contribution in [3.05, 3.63) is 59.0 Å². The minimum absolute atomic E-state index is 0.220. The Balaban J connectivity index is 1.55. The zero-order chi connectivity index (χ0) is 19.9. The number of anilines is 1. The highest BCUT2D eigenvalue weighted by atomic mass is 32.2. The normalized spacial score (nSPS) is 13.1. The fraction of sp³-hybridized carbons (Fsp3) is 0.200. The number of hydrogen-bond donors (Lipinski definition) is 1. The van der Waals surface area contributed by atoms with Crippen LogP contribution in [0.3, 0.4) is 0 Å². The van der Waals surface area contributed by atoms with E-state index in [-0.39, 0.29) is 10.8 Å². The van der Waals surface area contributed by atoms with Crippen LogP contribution in [0.2, 0.25) is 0 Å². The summed E-state index contributed by atoms with van der Waals surface area (Å²) in [6.07, 6.45) is 0. The number of nitrogens with zero attached hydrogens (tertiary/aromatic N) is 1. The van der Waals surface area contributed by atoms with E-state index < -0.39 is 15.1 Å². The third-order valence-corrected chi connectivity index (χ3v) is 8.91. The molecule has 0 saturated carbocycles. The molecule has 1 aliphatic heterocycles. The van der Waals surface area contributed by atoms with E-state index in [4.69, 9.17) is 0 Å². The van der Waals surface area contributed by atoms with Crippen molar-refractivity contribution in [1.29, 1.82) is 0 Å². The quantitative estimate of drug-likeness (QED) is 0.640. The summed E-state index contributed by atoms with van der Waals surface area (Å²) in [6.45, 7) is 3.27. The molecular formula is C20H18N2O3S3. The average molecular weight is 431 g/mol. The van der Waals surface area contributed by atoms with Gasteiger partial charge in [-0.05, 0) is 44.2 Å². The predicted molar refractivity (Wildman–Crippen MR) is 114 cm³/mol. The number of thiazole rings is 1. The maximum Gasteiger partial charge on any atom is 0.257 e. The second kappa shape index (κ2) is 7.35. The number of aromatic nitrogens is 1. The van der Waals surface area contributed by atoms with E-state index in [2.05, 4.69) is 16.4 Å². The number of rotatable bonds is 4. The predicted octanol–water partition coefficient (Wildman–Crippen LogP) is 4.85. The molecule has 0 spiro atoms. The molecule has 0 saturated heterocycles. The van der Waals surface area contributed by atoms with E-state index in [1.165, 1.54) is 40.5 Å². The van der Waals surface area contributed by atoms with Crippen LogP contribution in [-0.4, -0.2) is 24.6 Å². The summed E-state index contributed by atoms with van der Waals surface area (Å²) >= 11 is 3.24. The first-order valence-electron chi connectivity index (χ1n) is 8.73. The summed E-state index contributed by atoms with van der Waals surface area (Å²) in [4.78, 5) is 19.7. The number of amides is 1. The summed E-state index contributed by atoms with van der Waals surface area (Å²) in [7, 11) is -3.35. The van der Waals surface area contributed by atoms with Crippen LogP contribution in [0, 0.1) is 0 Å². The Morgan fingerprint density at radius 1 is 1.11 bits per heavy atom. The van der Waals surface area contributed by atoms with Crippen molar-refractivity contribution in [2.24, 2.45) is 0 Å². The number of nitrogens with one attached hydrogen (secondary N) is 1. The molecule has 1 aliphatic rings. The zero-order valence-electron chi connectivity index (χ0n) is 15.3. The molecular weight excluding hydrogens is 412 g/mol. The SMILES string of the molecule is CC(C)S(=O)(=O)c1ccc(C(=O)Nc2nc3c(s2)CSc2ccccc2-3)cc1. The van der Waals surface area contributed by atoms with Gasteiger partial charge < -0.3 is 0 Å². The molecule has 0 atom stereocenters. The first-order valence-corrected chi connectivity index (χ1v) is 12.1. The third kappa shape index (κ3) is 3.47. The maximum absolute atomic E-state index is 12.6. The summed E-state index contributed by atoms with van der Waals surface area (Å²) in [5.41, 5.74) is 2.41. The lowest BCUT2D eigenvalue weighted by Gasteiger charge is -2.13. The van der Waals surface area contributed by atoms with Crippen molar-refractivity contribution in [2.45, 2.75) is 34.6 Å². The second-order valence-corrected chi connectivity index (χ2v) is 11.3. The Hall–Kier alpha value is -2.16. The van der Waals surface area contributed by atoms with Crippen LogP contribution < -0.4 is 5.32 Å². The molecule has 8 heteroatoms. The zero-order valence-corrected chi connectivity index (χ0v) is 17.7. The van der Waals surface area contributed by atoms with E-state index in [9.17, 15) is 13.2 Å². The van der Waals surface area contributed by atoms with Crippen LogP contribution in [0.5, 0.6) is 0 Å². The molecule has 4 rings (SSSR count). The number of carbonyl (C=O) groups is 1. The van der Waals surface area contributed by atoms with E-state index in [1.807, 2.05) is 18.2 Å². The first kappa shape index (κ1) is 19.2. The van der Waals surface area contributed by atoms with Gasteiger partial charge in [-0.1, -0.05) is 18.2 Å². The highest BCUT2D eigenvalue weighted by Gasteiger charge is 2.22. The standard InChI is InChI=1S/C20H18N2O3S3/c1-12(2)28(24,25)14-9-7-13(8-10-14)19(23)22-20-21-18-15-5-3-4-6-16(15)26-11-17(18)27-20/h3-10,12H,11H2,1-2H3,(H,21,22,23). The van der Waals surface area contributed by atoms with E-state index in [1.54, 1.807) is 25.6 Å². The van der Waals surface area contributed by atoms with Crippen molar-refractivity contribution < 1.29 is 13.2 Å². The van der Waals surface area contributed by atoms with Gasteiger partial charge in [0.15, 0.2) is 15.0 Å². The Bertz CT molecular complexity index is 1150. The summed E-state index contributed by atoms with van der Waals surface area (Å²) in [5, 5.41) is 2.88. The number of benzene rings is 2. The molecule has 144 valence electrons. The Kier molecular flexibility index (Phi) is 5.03. The molecule has 1 aromatic heterocycles. The molecule has 3 aromatic rings. The van der Waals surface area contributed by atoms with Gasteiger partial charge in [0.2, 0.25) is 0 Å². The Morgan fingerprint density at radius 3 is 2.54 bits per heavy atom. The van der Waals surface area contributed by atoms with Gasteiger partial charge in [0.25, 0.3) is 5.91 Å². The van der Waals surface area contributed by atoms with Gasteiger partial charge in [0, 0.05) is 26.7 Å². The second-order valence-electron chi connectivity index (χ2n) is 6.65. The van der Waals surface area contributed by atoms with Gasteiger partial charge >= 0.3 is 0 Å². The van der Waals surface area contributed by atoms with Gasteiger partial charge in [0.05, 0.1) is 15.8 Å². The fourth-order valence-corrected chi connectivity index (χ4v) is 6.04. The fourth-order valence-electron chi connectivity index (χ4n) is 2.88. The lowest BCUT2D eigenvalue weighted by molar-refractivity contribution is 0.102. The van der Waals surface area contributed by atoms with Crippen LogP contribution in [-0.2, 0) is 15.6 Å². The molecule has 0 aliphatic carbocycles. The Labute approximate surface area is 172 Å². The van der Waals surface area contributed by atoms with Gasteiger partial charge in [-0.15, -0.1) is 23.1 Å². The minimum Gasteiger partial charge on any atom is -0.298 e. The number of thioether (sulfide) groups is 1. The molecule has 0 fully saturated rings. The molecule has 0 radical (unpaired) electrons. The van der Waals surface area contributed by atoms with Gasteiger partial charge in [-0.3, -0.25) is 10.1 Å². The summed E-state index contributed by atoms with van der Waals surface area (Å²) < 4.78 is 24.4.